The Hall–Kier alpha value is -4.74. The summed E-state index contributed by atoms with van der Waals surface area (Å²) >= 11 is 0. The van der Waals surface area contributed by atoms with Gasteiger partial charge in [-0.1, -0.05) is 64.4 Å². The Balaban J connectivity index is 1.40. The molecule has 0 spiro atoms. The molecule has 4 rings (SSSR count). The largest absolute Gasteiger partial charge is 0.444 e. The number of aromatic nitrogens is 2. The van der Waals surface area contributed by atoms with Gasteiger partial charge in [0.1, 0.15) is 17.8 Å². The van der Waals surface area contributed by atoms with Gasteiger partial charge in [-0.15, -0.1) is 4.99 Å². The molecule has 1 aromatic heterocycles. The molecule has 1 N–H and O–H groups in total. The topological polar surface area (TPSA) is 141 Å². The predicted octanol–water partition coefficient (Wildman–Crippen LogP) is 6.59. The monoisotopic (exact) mass is 618 g/mol. The normalized spacial score (nSPS) is 16.0. The van der Waals surface area contributed by atoms with Crippen LogP contribution >= 0.6 is 0 Å². The quantitative estimate of drug-likeness (QED) is 0.184. The van der Waals surface area contributed by atoms with Crippen molar-refractivity contribution in [1.29, 1.82) is 0 Å². The highest BCUT2D eigenvalue weighted by Gasteiger charge is 2.32. The Morgan fingerprint density at radius 3 is 2.31 bits per heavy atom. The third-order valence-electron chi connectivity index (χ3n) is 6.60. The van der Waals surface area contributed by atoms with Gasteiger partial charge in [-0.25, -0.2) is 9.59 Å². The van der Waals surface area contributed by atoms with Crippen LogP contribution < -0.4 is 5.32 Å². The van der Waals surface area contributed by atoms with Crippen molar-refractivity contribution in [2.24, 2.45) is 10.1 Å². The van der Waals surface area contributed by atoms with E-state index in [-0.39, 0.29) is 11.9 Å². The van der Waals surface area contributed by atoms with Crippen LogP contribution in [0, 0.1) is 6.92 Å². The van der Waals surface area contributed by atoms with Crippen LogP contribution in [0.4, 0.5) is 9.59 Å². The molecule has 3 aromatic rings. The highest BCUT2D eigenvalue weighted by atomic mass is 16.6. The van der Waals surface area contributed by atoms with Crippen LogP contribution in [0.15, 0.2) is 63.2 Å². The summed E-state index contributed by atoms with van der Waals surface area (Å²) in [5.41, 5.74) is 3.22. The van der Waals surface area contributed by atoms with Crippen LogP contribution in [0.5, 0.6) is 0 Å². The smallest absolute Gasteiger partial charge is 0.437 e. The molecule has 240 valence electrons. The number of aliphatic imine (C=N–C) groups is 1. The molecule has 1 atom stereocenters. The number of nitrogens with zero attached hydrogens (tertiary/aromatic N) is 5. The van der Waals surface area contributed by atoms with E-state index in [1.165, 1.54) is 5.56 Å². The summed E-state index contributed by atoms with van der Waals surface area (Å²) in [4.78, 5) is 41.0. The van der Waals surface area contributed by atoms with Gasteiger partial charge in [-0.05, 0) is 72.9 Å². The van der Waals surface area contributed by atoms with Gasteiger partial charge in [0.25, 0.3) is 0 Å². The Labute approximate surface area is 263 Å². The van der Waals surface area contributed by atoms with Crippen molar-refractivity contribution in [2.45, 2.75) is 85.5 Å². The number of hydrogen-bond donors (Lipinski definition) is 1. The SMILES string of the molecule is C/C(=N\OCc1ccc(C)cc1)c1ccc(-c2noc([C@@H]3CCN(C(=NC(=O)OC(C)(C)C)NC(=O)OC(C)(C)C)C3)n2)cc1. The van der Waals surface area contributed by atoms with Gasteiger partial charge in [0.15, 0.2) is 0 Å². The van der Waals surface area contributed by atoms with E-state index in [0.29, 0.717) is 37.8 Å². The lowest BCUT2D eigenvalue weighted by molar-refractivity contribution is 0.0555. The summed E-state index contributed by atoms with van der Waals surface area (Å²) in [7, 11) is 0. The van der Waals surface area contributed by atoms with Crippen molar-refractivity contribution in [3.05, 3.63) is 71.1 Å². The first-order chi connectivity index (χ1) is 21.1. The lowest BCUT2D eigenvalue weighted by Crippen LogP contribution is -2.45. The summed E-state index contributed by atoms with van der Waals surface area (Å²) in [6.07, 6.45) is -0.907. The van der Waals surface area contributed by atoms with E-state index in [0.717, 1.165) is 22.4 Å². The van der Waals surface area contributed by atoms with Gasteiger partial charge < -0.3 is 23.7 Å². The third kappa shape index (κ3) is 10.2. The number of aryl methyl sites for hydroxylation is 1. The minimum absolute atomic E-state index is 0.0382. The van der Waals surface area contributed by atoms with E-state index >= 15 is 0 Å². The molecule has 0 saturated carbocycles. The van der Waals surface area contributed by atoms with Gasteiger partial charge in [0, 0.05) is 18.7 Å². The fraction of sp³-hybridized carbons (Fsp3) is 0.455. The summed E-state index contributed by atoms with van der Waals surface area (Å²) in [6.45, 7) is 15.7. The van der Waals surface area contributed by atoms with Gasteiger partial charge in [-0.2, -0.15) is 4.98 Å². The molecule has 12 heteroatoms. The minimum atomic E-state index is -0.821. The van der Waals surface area contributed by atoms with E-state index in [2.05, 4.69) is 25.6 Å². The summed E-state index contributed by atoms with van der Waals surface area (Å²) in [5.74, 6) is 0.800. The molecular weight excluding hydrogens is 576 g/mol. The summed E-state index contributed by atoms with van der Waals surface area (Å²) < 4.78 is 16.3. The van der Waals surface area contributed by atoms with Gasteiger partial charge >= 0.3 is 12.2 Å². The molecule has 2 aromatic carbocycles. The first-order valence-corrected chi connectivity index (χ1v) is 14.9. The highest BCUT2D eigenvalue weighted by Crippen LogP contribution is 2.28. The number of nitrogens with one attached hydrogen (secondary N) is 1. The maximum absolute atomic E-state index is 12.5. The predicted molar refractivity (Wildman–Crippen MR) is 170 cm³/mol. The number of amides is 2. The van der Waals surface area contributed by atoms with E-state index < -0.39 is 23.4 Å². The maximum Gasteiger partial charge on any atom is 0.437 e. The number of carbonyl (C=O) groups excluding carboxylic acids is 2. The summed E-state index contributed by atoms with van der Waals surface area (Å²) in [5, 5.41) is 11.0. The van der Waals surface area contributed by atoms with E-state index in [1.807, 2.05) is 62.4 Å². The van der Waals surface area contributed by atoms with Crippen molar-refractivity contribution in [3.63, 3.8) is 0 Å². The second kappa shape index (κ2) is 13.9. The van der Waals surface area contributed by atoms with Crippen LogP contribution in [0.2, 0.25) is 0 Å². The molecule has 12 nitrogen and oxygen atoms in total. The number of carbonyl (C=O) groups is 2. The first-order valence-electron chi connectivity index (χ1n) is 14.9. The van der Waals surface area contributed by atoms with Crippen molar-refractivity contribution >= 4 is 23.9 Å². The van der Waals surface area contributed by atoms with Crippen molar-refractivity contribution < 1.29 is 28.4 Å². The second-order valence-electron chi connectivity index (χ2n) is 12.9. The van der Waals surface area contributed by atoms with Crippen LogP contribution in [0.1, 0.15) is 83.4 Å². The average Bonchev–Trinajstić information content (AvgIpc) is 3.62. The number of oxime groups is 1. The number of rotatable bonds is 6. The van der Waals surface area contributed by atoms with Crippen LogP contribution in [-0.4, -0.2) is 63.2 Å². The summed E-state index contributed by atoms with van der Waals surface area (Å²) in [6, 6.07) is 15.8. The van der Waals surface area contributed by atoms with Crippen LogP contribution in [-0.2, 0) is 20.9 Å². The molecule has 0 bridgehead atoms. The number of benzene rings is 2. The molecule has 1 aliphatic heterocycles. The molecule has 45 heavy (non-hydrogen) atoms. The lowest BCUT2D eigenvalue weighted by atomic mass is 10.1. The second-order valence-corrected chi connectivity index (χ2v) is 12.9. The number of likely N-dealkylation sites (tertiary alicyclic amines) is 1. The molecule has 0 unspecified atom stereocenters. The Morgan fingerprint density at radius 1 is 1.00 bits per heavy atom. The molecular formula is C33H42N6O6. The Kier molecular flexibility index (Phi) is 10.3. The Bertz CT molecular complexity index is 1530. The standard InChI is InChI=1S/C33H42N6O6/c1-21-9-11-23(12-10-21)20-42-37-22(2)24-13-15-25(16-14-24)27-34-28(45-38-27)26-17-18-39(19-26)29(35-30(40)43-32(3,4)5)36-31(41)44-33(6,7)8/h9-16,26H,17-20H2,1-8H3,(H,35,36,40,41)/b37-22+/t26-/m1/s1. The van der Waals surface area contributed by atoms with E-state index in [9.17, 15) is 9.59 Å². The first kappa shape index (κ1) is 33.2. The molecule has 0 radical (unpaired) electrons. The number of guanidine groups is 1. The molecule has 2 amide bonds. The average molecular weight is 619 g/mol. The molecule has 2 heterocycles. The van der Waals surface area contributed by atoms with E-state index in [4.69, 9.17) is 18.8 Å². The van der Waals surface area contributed by atoms with E-state index in [1.54, 1.807) is 46.4 Å². The van der Waals surface area contributed by atoms with Gasteiger partial charge in [0.05, 0.1) is 11.6 Å². The zero-order valence-electron chi connectivity index (χ0n) is 27.2. The molecule has 0 aliphatic carbocycles. The van der Waals surface area contributed by atoms with Crippen molar-refractivity contribution in [3.8, 4) is 11.4 Å². The number of alkyl carbamates (subject to hydrolysis) is 1. The van der Waals surface area contributed by atoms with Gasteiger partial charge in [0.2, 0.25) is 17.7 Å². The minimum Gasteiger partial charge on any atom is -0.444 e. The molecule has 1 aliphatic rings. The lowest BCUT2D eigenvalue weighted by Gasteiger charge is -2.24. The fourth-order valence-corrected chi connectivity index (χ4v) is 4.42. The number of hydrogen-bond acceptors (Lipinski definition) is 9. The van der Waals surface area contributed by atoms with Crippen LogP contribution in [0.25, 0.3) is 11.4 Å². The van der Waals surface area contributed by atoms with Gasteiger partial charge in [-0.3, -0.25) is 5.32 Å². The fourth-order valence-electron chi connectivity index (χ4n) is 4.42. The zero-order chi connectivity index (χ0) is 32.8. The Morgan fingerprint density at radius 2 is 1.67 bits per heavy atom. The van der Waals surface area contributed by atoms with Crippen molar-refractivity contribution in [1.82, 2.24) is 20.4 Å². The maximum atomic E-state index is 12.5. The zero-order valence-corrected chi connectivity index (χ0v) is 27.2. The molecule has 1 saturated heterocycles. The molecule has 1 fully saturated rings. The third-order valence-corrected chi connectivity index (χ3v) is 6.60. The number of ether oxygens (including phenoxy) is 2. The van der Waals surface area contributed by atoms with Crippen molar-refractivity contribution in [2.75, 3.05) is 13.1 Å². The van der Waals surface area contributed by atoms with Crippen LogP contribution in [0.3, 0.4) is 0 Å². The highest BCUT2D eigenvalue weighted by molar-refractivity contribution is 5.99.